The summed E-state index contributed by atoms with van der Waals surface area (Å²) in [5.74, 6) is 0.197. The molecule has 0 spiro atoms. The Morgan fingerprint density at radius 3 is 2.07 bits per heavy atom. The van der Waals surface area contributed by atoms with Gasteiger partial charge in [0.25, 0.3) is 5.91 Å². The van der Waals surface area contributed by atoms with Crippen molar-refractivity contribution in [3.05, 3.63) is 41.5 Å². The van der Waals surface area contributed by atoms with Crippen molar-refractivity contribution in [2.75, 3.05) is 32.8 Å². The Kier molecular flexibility index (Phi) is 7.42. The van der Waals surface area contributed by atoms with Crippen molar-refractivity contribution < 1.29 is 23.9 Å². The molecule has 1 aromatic rings. The Labute approximate surface area is 172 Å². The van der Waals surface area contributed by atoms with E-state index in [1.807, 2.05) is 6.92 Å². The number of nitrogens with zero attached hydrogens (tertiary/aromatic N) is 2. The quantitative estimate of drug-likeness (QED) is 0.438. The van der Waals surface area contributed by atoms with E-state index in [1.54, 1.807) is 47.1 Å². The minimum absolute atomic E-state index is 0.00927. The largest absolute Gasteiger partial charge is 0.513 e. The highest BCUT2D eigenvalue weighted by atomic mass is 16.7. The van der Waals surface area contributed by atoms with Crippen LogP contribution in [0.3, 0.4) is 0 Å². The molecule has 1 saturated heterocycles. The Hall–Kier alpha value is -2.83. The second-order valence-electron chi connectivity index (χ2n) is 8.00. The average molecular weight is 402 g/mol. The zero-order chi connectivity index (χ0) is 21.6. The zero-order valence-electron chi connectivity index (χ0n) is 17.9. The summed E-state index contributed by atoms with van der Waals surface area (Å²) in [5.41, 5.74) is 1.49. The van der Waals surface area contributed by atoms with Crippen molar-refractivity contribution in [1.82, 2.24) is 9.80 Å². The molecule has 1 aliphatic heterocycles. The minimum atomic E-state index is -0.775. The molecule has 1 aliphatic rings. The van der Waals surface area contributed by atoms with Gasteiger partial charge in [0, 0.05) is 37.8 Å². The van der Waals surface area contributed by atoms with Gasteiger partial charge in [-0.2, -0.15) is 0 Å². The molecule has 7 heteroatoms. The molecule has 0 saturated carbocycles. The summed E-state index contributed by atoms with van der Waals surface area (Å²) in [6.07, 6.45) is 0.919. The molecule has 158 valence electrons. The number of amides is 2. The summed E-state index contributed by atoms with van der Waals surface area (Å²) in [4.78, 5) is 40.0. The Morgan fingerprint density at radius 2 is 1.55 bits per heavy atom. The highest BCUT2D eigenvalue weighted by Crippen LogP contribution is 2.24. The first-order valence-electron chi connectivity index (χ1n) is 9.83. The monoisotopic (exact) mass is 402 g/mol. The molecule has 0 bridgehead atoms. The maximum Gasteiger partial charge on any atom is 0.513 e. The number of benzene rings is 1. The zero-order valence-corrected chi connectivity index (χ0v) is 17.9. The second kappa shape index (κ2) is 9.58. The van der Waals surface area contributed by atoms with Gasteiger partial charge in [-0.3, -0.25) is 9.59 Å². The molecule has 7 nitrogen and oxygen atoms in total. The predicted octanol–water partition coefficient (Wildman–Crippen LogP) is 3.50. The van der Waals surface area contributed by atoms with E-state index in [9.17, 15) is 14.4 Å². The fraction of sp³-hybridized carbons (Fsp3) is 0.500. The van der Waals surface area contributed by atoms with E-state index in [0.717, 1.165) is 5.57 Å². The van der Waals surface area contributed by atoms with E-state index in [0.29, 0.717) is 37.5 Å². The summed E-state index contributed by atoms with van der Waals surface area (Å²) in [6, 6.07) is 6.35. The van der Waals surface area contributed by atoms with Crippen molar-refractivity contribution in [2.45, 2.75) is 34.6 Å². The van der Waals surface area contributed by atoms with Crippen LogP contribution < -0.4 is 4.74 Å². The van der Waals surface area contributed by atoms with Gasteiger partial charge in [-0.05, 0) is 43.5 Å². The maximum absolute atomic E-state index is 12.7. The van der Waals surface area contributed by atoms with Crippen molar-refractivity contribution in [2.24, 2.45) is 5.41 Å². The van der Waals surface area contributed by atoms with Gasteiger partial charge < -0.3 is 19.3 Å². The van der Waals surface area contributed by atoms with Crippen molar-refractivity contribution in [3.63, 3.8) is 0 Å². The van der Waals surface area contributed by atoms with Crippen LogP contribution in [0.1, 0.15) is 45.0 Å². The Bertz CT molecular complexity index is 769. The molecule has 29 heavy (non-hydrogen) atoms. The Morgan fingerprint density at radius 1 is 1.00 bits per heavy atom. The number of hydrogen-bond donors (Lipinski definition) is 0. The molecule has 0 aromatic heterocycles. The van der Waals surface area contributed by atoms with Gasteiger partial charge in [0.1, 0.15) is 5.75 Å². The van der Waals surface area contributed by atoms with Crippen LogP contribution >= 0.6 is 0 Å². The topological polar surface area (TPSA) is 76.2 Å². The molecule has 1 heterocycles. The summed E-state index contributed by atoms with van der Waals surface area (Å²) < 4.78 is 9.71. The van der Waals surface area contributed by atoms with Gasteiger partial charge >= 0.3 is 6.16 Å². The second-order valence-corrected chi connectivity index (χ2v) is 8.00. The first-order valence-corrected chi connectivity index (χ1v) is 9.83. The van der Waals surface area contributed by atoms with Crippen LogP contribution in [0.25, 0.3) is 0 Å². The summed E-state index contributed by atoms with van der Waals surface area (Å²) in [6.45, 7) is 12.1. The number of ether oxygens (including phenoxy) is 2. The third kappa shape index (κ3) is 6.34. The van der Waals surface area contributed by atoms with E-state index < -0.39 is 6.16 Å². The summed E-state index contributed by atoms with van der Waals surface area (Å²) >= 11 is 0. The standard InChI is InChI=1S/C22H30N2O5/c1-6-28-21(27)29-18-9-7-17(8-10-18)20(26)24-13-11-23(12-14-24)19(25)15-16(2)22(3,4)5/h7-10,15H,6,11-14H2,1-5H3/b16-15+. The van der Waals surface area contributed by atoms with Crippen LogP contribution in [0, 0.1) is 5.41 Å². The third-order valence-electron chi connectivity index (χ3n) is 4.97. The van der Waals surface area contributed by atoms with Gasteiger partial charge in [-0.15, -0.1) is 0 Å². The highest BCUT2D eigenvalue weighted by Gasteiger charge is 2.25. The molecule has 0 atom stereocenters. The fourth-order valence-electron chi connectivity index (χ4n) is 2.71. The van der Waals surface area contributed by atoms with E-state index in [1.165, 1.54) is 0 Å². The Balaban J connectivity index is 1.91. The van der Waals surface area contributed by atoms with Crippen LogP contribution in [0.15, 0.2) is 35.9 Å². The van der Waals surface area contributed by atoms with Crippen LogP contribution in [-0.4, -0.2) is 60.6 Å². The number of carbonyl (C=O) groups is 3. The molecule has 2 rings (SSSR count). The molecule has 0 N–H and O–H groups in total. The maximum atomic E-state index is 12.7. The molecular weight excluding hydrogens is 372 g/mol. The normalized spacial score (nSPS) is 15.1. The number of piperazine rings is 1. The van der Waals surface area contributed by atoms with Gasteiger partial charge in [0.05, 0.1) is 6.61 Å². The lowest BCUT2D eigenvalue weighted by Crippen LogP contribution is -2.50. The molecule has 1 aromatic carbocycles. The van der Waals surface area contributed by atoms with E-state index in [4.69, 9.17) is 9.47 Å². The van der Waals surface area contributed by atoms with Crippen molar-refractivity contribution >= 4 is 18.0 Å². The lowest BCUT2D eigenvalue weighted by atomic mass is 9.87. The first-order chi connectivity index (χ1) is 13.6. The predicted molar refractivity (Wildman–Crippen MR) is 110 cm³/mol. The molecular formula is C22H30N2O5. The highest BCUT2D eigenvalue weighted by molar-refractivity contribution is 5.95. The first kappa shape index (κ1) is 22.5. The van der Waals surface area contributed by atoms with Crippen molar-refractivity contribution in [3.8, 4) is 5.75 Å². The van der Waals surface area contributed by atoms with Gasteiger partial charge in [-0.1, -0.05) is 26.3 Å². The van der Waals surface area contributed by atoms with E-state index >= 15 is 0 Å². The van der Waals surface area contributed by atoms with E-state index in [-0.39, 0.29) is 23.8 Å². The minimum Gasteiger partial charge on any atom is -0.434 e. The smallest absolute Gasteiger partial charge is 0.434 e. The number of carbonyl (C=O) groups excluding carboxylic acids is 3. The van der Waals surface area contributed by atoms with Gasteiger partial charge in [0.15, 0.2) is 0 Å². The lowest BCUT2D eigenvalue weighted by Gasteiger charge is -2.34. The molecule has 0 radical (unpaired) electrons. The summed E-state index contributed by atoms with van der Waals surface area (Å²) in [5, 5.41) is 0. The van der Waals surface area contributed by atoms with Crippen LogP contribution in [0.4, 0.5) is 4.79 Å². The van der Waals surface area contributed by atoms with Crippen LogP contribution in [-0.2, 0) is 9.53 Å². The molecule has 0 unspecified atom stereocenters. The van der Waals surface area contributed by atoms with Gasteiger partial charge in [-0.25, -0.2) is 4.79 Å². The molecule has 2 amide bonds. The number of allylic oxidation sites excluding steroid dienone is 1. The number of rotatable bonds is 4. The summed E-state index contributed by atoms with van der Waals surface area (Å²) in [7, 11) is 0. The average Bonchev–Trinajstić information content (AvgIpc) is 2.67. The molecule has 1 fully saturated rings. The SMILES string of the molecule is CCOC(=O)Oc1ccc(C(=O)N2CCN(C(=O)/C=C(\C)C(C)(C)C)CC2)cc1. The van der Waals surface area contributed by atoms with Gasteiger partial charge in [0.2, 0.25) is 5.91 Å². The van der Waals surface area contributed by atoms with Crippen molar-refractivity contribution in [1.29, 1.82) is 0 Å². The number of hydrogen-bond acceptors (Lipinski definition) is 5. The lowest BCUT2D eigenvalue weighted by molar-refractivity contribution is -0.127. The molecule has 0 aliphatic carbocycles. The van der Waals surface area contributed by atoms with Crippen LogP contribution in [0.5, 0.6) is 5.75 Å². The van der Waals surface area contributed by atoms with Crippen LogP contribution in [0.2, 0.25) is 0 Å². The van der Waals surface area contributed by atoms with E-state index in [2.05, 4.69) is 20.8 Å². The fourth-order valence-corrected chi connectivity index (χ4v) is 2.71. The third-order valence-corrected chi connectivity index (χ3v) is 4.97.